The van der Waals surface area contributed by atoms with Crippen molar-refractivity contribution in [1.82, 2.24) is 9.88 Å². The first-order valence-electron chi connectivity index (χ1n) is 8.42. The number of anilines is 1. The lowest BCUT2D eigenvalue weighted by atomic mass is 10.2. The molecule has 1 aromatic heterocycles. The molecule has 136 valence electrons. The zero-order valence-corrected chi connectivity index (χ0v) is 14.9. The van der Waals surface area contributed by atoms with E-state index in [9.17, 15) is 9.59 Å². The Morgan fingerprint density at radius 3 is 2.65 bits per heavy atom. The van der Waals surface area contributed by atoms with Crippen LogP contribution in [0.4, 0.5) is 5.69 Å². The molecule has 1 aromatic carbocycles. The maximum absolute atomic E-state index is 12.4. The van der Waals surface area contributed by atoms with Gasteiger partial charge in [-0.1, -0.05) is 19.1 Å². The van der Waals surface area contributed by atoms with E-state index < -0.39 is 0 Å². The Bertz CT molecular complexity index is 730. The molecular weight excluding hydrogens is 330 g/mol. The SMILES string of the molecule is C=CCN(Cc1cccnc1)C(=O)COc1ccc(NC(=O)CC)cc1. The molecule has 1 heterocycles. The second-order valence-electron chi connectivity index (χ2n) is 5.64. The molecule has 0 atom stereocenters. The van der Waals surface area contributed by atoms with Gasteiger partial charge in [0, 0.05) is 37.6 Å². The zero-order chi connectivity index (χ0) is 18.8. The van der Waals surface area contributed by atoms with E-state index in [2.05, 4.69) is 16.9 Å². The standard InChI is InChI=1S/C20H23N3O3/c1-3-12-23(14-16-6-5-11-21-13-16)20(25)15-26-18-9-7-17(8-10-18)22-19(24)4-2/h3,5-11,13H,1,4,12,14-15H2,2H3,(H,22,24). The molecule has 0 spiro atoms. The van der Waals surface area contributed by atoms with Gasteiger partial charge in [0.05, 0.1) is 0 Å². The molecule has 2 aromatic rings. The fourth-order valence-electron chi connectivity index (χ4n) is 2.24. The van der Waals surface area contributed by atoms with E-state index in [0.717, 1.165) is 5.56 Å². The Labute approximate surface area is 153 Å². The van der Waals surface area contributed by atoms with Crippen molar-refractivity contribution in [2.45, 2.75) is 19.9 Å². The number of aromatic nitrogens is 1. The monoisotopic (exact) mass is 353 g/mol. The van der Waals surface area contributed by atoms with Gasteiger partial charge in [-0.05, 0) is 35.9 Å². The predicted octanol–water partition coefficient (Wildman–Crippen LogP) is 3.02. The minimum atomic E-state index is -0.142. The van der Waals surface area contributed by atoms with Gasteiger partial charge in [0.1, 0.15) is 5.75 Å². The Balaban J connectivity index is 1.90. The molecule has 26 heavy (non-hydrogen) atoms. The van der Waals surface area contributed by atoms with Crippen molar-refractivity contribution in [1.29, 1.82) is 0 Å². The zero-order valence-electron chi connectivity index (χ0n) is 14.9. The van der Waals surface area contributed by atoms with Crippen LogP contribution in [0, 0.1) is 0 Å². The van der Waals surface area contributed by atoms with Crippen molar-refractivity contribution in [3.63, 3.8) is 0 Å². The topological polar surface area (TPSA) is 71.5 Å². The highest BCUT2D eigenvalue weighted by molar-refractivity contribution is 5.90. The summed E-state index contributed by atoms with van der Waals surface area (Å²) in [5.74, 6) is 0.370. The normalized spacial score (nSPS) is 10.0. The quantitative estimate of drug-likeness (QED) is 0.704. The summed E-state index contributed by atoms with van der Waals surface area (Å²) in [4.78, 5) is 29.5. The number of nitrogens with zero attached hydrogens (tertiary/aromatic N) is 2. The molecular formula is C20H23N3O3. The summed E-state index contributed by atoms with van der Waals surface area (Å²) < 4.78 is 5.57. The summed E-state index contributed by atoms with van der Waals surface area (Å²) in [5.41, 5.74) is 1.64. The molecule has 6 nitrogen and oxygen atoms in total. The van der Waals surface area contributed by atoms with Crippen molar-refractivity contribution in [3.05, 3.63) is 67.0 Å². The third-order valence-corrected chi connectivity index (χ3v) is 3.62. The van der Waals surface area contributed by atoms with E-state index in [1.165, 1.54) is 0 Å². The second kappa shape index (κ2) is 9.98. The lowest BCUT2D eigenvalue weighted by molar-refractivity contribution is -0.133. The number of hydrogen-bond donors (Lipinski definition) is 1. The Kier molecular flexibility index (Phi) is 7.36. The lowest BCUT2D eigenvalue weighted by Crippen LogP contribution is -2.34. The van der Waals surface area contributed by atoms with E-state index in [0.29, 0.717) is 30.9 Å². The van der Waals surface area contributed by atoms with E-state index in [-0.39, 0.29) is 18.4 Å². The summed E-state index contributed by atoms with van der Waals surface area (Å²) in [7, 11) is 0. The number of carbonyl (C=O) groups is 2. The molecule has 0 bridgehead atoms. The summed E-state index contributed by atoms with van der Waals surface area (Å²) in [6.45, 7) is 6.29. The van der Waals surface area contributed by atoms with Gasteiger partial charge >= 0.3 is 0 Å². The smallest absolute Gasteiger partial charge is 0.261 e. The number of pyridine rings is 1. The van der Waals surface area contributed by atoms with Crippen LogP contribution in [0.15, 0.2) is 61.4 Å². The number of hydrogen-bond acceptors (Lipinski definition) is 4. The van der Waals surface area contributed by atoms with Gasteiger partial charge in [0.25, 0.3) is 5.91 Å². The predicted molar refractivity (Wildman–Crippen MR) is 101 cm³/mol. The molecule has 6 heteroatoms. The maximum atomic E-state index is 12.4. The Hall–Kier alpha value is -3.15. The summed E-state index contributed by atoms with van der Waals surface area (Å²) in [5, 5.41) is 2.76. The Morgan fingerprint density at radius 2 is 2.04 bits per heavy atom. The van der Waals surface area contributed by atoms with Gasteiger partial charge in [-0.25, -0.2) is 0 Å². The third kappa shape index (κ3) is 6.05. The molecule has 0 unspecified atom stereocenters. The second-order valence-corrected chi connectivity index (χ2v) is 5.64. The van der Waals surface area contributed by atoms with Crippen LogP contribution in [-0.2, 0) is 16.1 Å². The summed E-state index contributed by atoms with van der Waals surface area (Å²) >= 11 is 0. The van der Waals surface area contributed by atoms with E-state index in [1.807, 2.05) is 12.1 Å². The highest BCUT2D eigenvalue weighted by atomic mass is 16.5. The largest absolute Gasteiger partial charge is 0.484 e. The molecule has 0 aliphatic rings. The molecule has 0 radical (unpaired) electrons. The highest BCUT2D eigenvalue weighted by Gasteiger charge is 2.13. The molecule has 0 aliphatic carbocycles. The number of rotatable bonds is 9. The van der Waals surface area contributed by atoms with Gasteiger partial charge in [-0.2, -0.15) is 0 Å². The highest BCUT2D eigenvalue weighted by Crippen LogP contribution is 2.16. The van der Waals surface area contributed by atoms with Crippen molar-refractivity contribution in [2.75, 3.05) is 18.5 Å². The average Bonchev–Trinajstić information content (AvgIpc) is 2.67. The van der Waals surface area contributed by atoms with Crippen LogP contribution in [0.2, 0.25) is 0 Å². The first-order valence-corrected chi connectivity index (χ1v) is 8.42. The van der Waals surface area contributed by atoms with Gasteiger partial charge in [0.2, 0.25) is 5.91 Å². The number of carbonyl (C=O) groups excluding carboxylic acids is 2. The third-order valence-electron chi connectivity index (χ3n) is 3.62. The van der Waals surface area contributed by atoms with E-state index in [4.69, 9.17) is 4.74 Å². The number of benzene rings is 1. The van der Waals surface area contributed by atoms with Crippen LogP contribution < -0.4 is 10.1 Å². The van der Waals surface area contributed by atoms with Crippen molar-refractivity contribution in [3.8, 4) is 5.75 Å². The summed E-state index contributed by atoms with van der Waals surface area (Å²) in [6, 6.07) is 10.7. The minimum absolute atomic E-state index is 0.0516. The first kappa shape index (κ1) is 19.2. The number of nitrogens with one attached hydrogen (secondary N) is 1. The fraction of sp³-hybridized carbons (Fsp3) is 0.250. The van der Waals surface area contributed by atoms with E-state index in [1.54, 1.807) is 54.6 Å². The van der Waals surface area contributed by atoms with Gasteiger partial charge in [-0.3, -0.25) is 14.6 Å². The average molecular weight is 353 g/mol. The lowest BCUT2D eigenvalue weighted by Gasteiger charge is -2.21. The van der Waals surface area contributed by atoms with E-state index >= 15 is 0 Å². The van der Waals surface area contributed by atoms with Crippen LogP contribution in [-0.4, -0.2) is 34.8 Å². The molecule has 2 rings (SSSR count). The molecule has 0 saturated heterocycles. The van der Waals surface area contributed by atoms with Crippen LogP contribution in [0.5, 0.6) is 5.75 Å². The molecule has 0 fully saturated rings. The van der Waals surface area contributed by atoms with Gasteiger partial charge < -0.3 is 15.0 Å². The Morgan fingerprint density at radius 1 is 1.27 bits per heavy atom. The molecule has 1 N–H and O–H groups in total. The van der Waals surface area contributed by atoms with Crippen LogP contribution >= 0.6 is 0 Å². The van der Waals surface area contributed by atoms with Gasteiger partial charge in [0.15, 0.2) is 6.61 Å². The van der Waals surface area contributed by atoms with Crippen molar-refractivity contribution >= 4 is 17.5 Å². The first-order chi connectivity index (χ1) is 12.6. The van der Waals surface area contributed by atoms with Crippen molar-refractivity contribution in [2.24, 2.45) is 0 Å². The molecule has 0 saturated carbocycles. The fourth-order valence-corrected chi connectivity index (χ4v) is 2.24. The van der Waals surface area contributed by atoms with Crippen LogP contribution in [0.1, 0.15) is 18.9 Å². The minimum Gasteiger partial charge on any atom is -0.484 e. The van der Waals surface area contributed by atoms with Crippen LogP contribution in [0.25, 0.3) is 0 Å². The molecule has 0 aliphatic heterocycles. The summed E-state index contributed by atoms with van der Waals surface area (Å²) in [6.07, 6.45) is 5.52. The van der Waals surface area contributed by atoms with Crippen LogP contribution in [0.3, 0.4) is 0 Å². The molecule has 2 amide bonds. The maximum Gasteiger partial charge on any atom is 0.261 e. The number of ether oxygens (including phenoxy) is 1. The number of amides is 2. The van der Waals surface area contributed by atoms with Crippen molar-refractivity contribution < 1.29 is 14.3 Å². The van der Waals surface area contributed by atoms with Gasteiger partial charge in [-0.15, -0.1) is 6.58 Å².